The molecule has 1 aliphatic heterocycles. The largest absolute Gasteiger partial charge is 0.492 e. The highest BCUT2D eigenvalue weighted by atomic mass is 79.9. The second kappa shape index (κ2) is 7.37. The zero-order chi connectivity index (χ0) is 12.8. The van der Waals surface area contributed by atoms with Crippen LogP contribution in [0.4, 0.5) is 0 Å². The number of benzene rings is 1. The summed E-state index contributed by atoms with van der Waals surface area (Å²) in [6.45, 7) is 1.62. The molecule has 0 saturated carbocycles. The van der Waals surface area contributed by atoms with E-state index in [-0.39, 0.29) is 0 Å². The second-order valence-corrected chi connectivity index (χ2v) is 5.46. The molecule has 1 aromatic rings. The number of hydrogen-bond acceptors (Lipinski definition) is 2. The lowest BCUT2D eigenvalue weighted by Gasteiger charge is -2.13. The van der Waals surface area contributed by atoms with Crippen LogP contribution in [0.1, 0.15) is 31.2 Å². The lowest BCUT2D eigenvalue weighted by molar-refractivity contribution is 0.0981. The molecule has 1 heterocycles. The quantitative estimate of drug-likeness (QED) is 0.560. The topological polar surface area (TPSA) is 18.5 Å². The van der Waals surface area contributed by atoms with Crippen LogP contribution in [-0.2, 0) is 10.1 Å². The Kier molecular flexibility index (Phi) is 5.80. The Morgan fingerprint density at radius 2 is 2.33 bits per heavy atom. The van der Waals surface area contributed by atoms with Gasteiger partial charge in [0, 0.05) is 17.5 Å². The maximum atomic E-state index is 6.14. The Hall–Kier alpha value is -0.250. The minimum absolute atomic E-state index is 0.440. The maximum absolute atomic E-state index is 6.14. The van der Waals surface area contributed by atoms with Crippen molar-refractivity contribution in [1.29, 1.82) is 0 Å². The lowest BCUT2D eigenvalue weighted by Crippen LogP contribution is -2.08. The molecule has 1 saturated heterocycles. The van der Waals surface area contributed by atoms with Crippen LogP contribution in [-0.4, -0.2) is 19.3 Å². The lowest BCUT2D eigenvalue weighted by atomic mass is 10.1. The predicted molar refractivity (Wildman–Crippen MR) is 77.8 cm³/mol. The standard InChI is InChI=1S/C14H18BrClO2/c15-10-11-4-1-7-13(16)14(11)18-9-3-6-12-5-2-8-17-12/h1,4,7,12H,2-3,5-6,8-10H2. The van der Waals surface area contributed by atoms with E-state index < -0.39 is 0 Å². The highest BCUT2D eigenvalue weighted by Crippen LogP contribution is 2.30. The zero-order valence-corrected chi connectivity index (χ0v) is 12.7. The first-order valence-corrected chi connectivity index (χ1v) is 7.89. The van der Waals surface area contributed by atoms with Crippen molar-refractivity contribution in [1.82, 2.24) is 0 Å². The van der Waals surface area contributed by atoms with Crippen molar-refractivity contribution in [2.45, 2.75) is 37.1 Å². The van der Waals surface area contributed by atoms with Gasteiger partial charge in [-0.25, -0.2) is 0 Å². The maximum Gasteiger partial charge on any atom is 0.141 e. The summed E-state index contributed by atoms with van der Waals surface area (Å²) in [4.78, 5) is 0. The number of alkyl halides is 1. The number of rotatable bonds is 6. The van der Waals surface area contributed by atoms with Gasteiger partial charge in [-0.3, -0.25) is 0 Å². The molecule has 2 rings (SSSR count). The Bertz CT molecular complexity index is 378. The minimum atomic E-state index is 0.440. The smallest absolute Gasteiger partial charge is 0.141 e. The Labute approximate surface area is 122 Å². The summed E-state index contributed by atoms with van der Waals surface area (Å²) in [5.41, 5.74) is 1.10. The molecule has 0 aliphatic carbocycles. The summed E-state index contributed by atoms with van der Waals surface area (Å²) in [5, 5.41) is 1.44. The fourth-order valence-electron chi connectivity index (χ4n) is 2.18. The van der Waals surface area contributed by atoms with Crippen LogP contribution in [0.2, 0.25) is 5.02 Å². The van der Waals surface area contributed by atoms with Crippen molar-refractivity contribution in [3.8, 4) is 5.75 Å². The molecule has 18 heavy (non-hydrogen) atoms. The molecular weight excluding hydrogens is 316 g/mol. The van der Waals surface area contributed by atoms with Crippen LogP contribution in [0.25, 0.3) is 0 Å². The molecule has 1 fully saturated rings. The van der Waals surface area contributed by atoms with Gasteiger partial charge in [0.05, 0.1) is 17.7 Å². The average molecular weight is 334 g/mol. The number of para-hydroxylation sites is 1. The molecule has 0 N–H and O–H groups in total. The van der Waals surface area contributed by atoms with Crippen LogP contribution in [0.15, 0.2) is 18.2 Å². The van der Waals surface area contributed by atoms with Gasteiger partial charge in [-0.05, 0) is 31.7 Å². The van der Waals surface area contributed by atoms with Crippen LogP contribution in [0.5, 0.6) is 5.75 Å². The summed E-state index contributed by atoms with van der Waals surface area (Å²) < 4.78 is 11.4. The van der Waals surface area contributed by atoms with Gasteiger partial charge < -0.3 is 9.47 Å². The van der Waals surface area contributed by atoms with Crippen molar-refractivity contribution in [2.24, 2.45) is 0 Å². The van der Waals surface area contributed by atoms with Crippen LogP contribution < -0.4 is 4.74 Å². The first kappa shape index (κ1) is 14.2. The van der Waals surface area contributed by atoms with Crippen molar-refractivity contribution < 1.29 is 9.47 Å². The molecular formula is C14H18BrClO2. The van der Waals surface area contributed by atoms with Crippen molar-refractivity contribution in [3.05, 3.63) is 28.8 Å². The van der Waals surface area contributed by atoms with E-state index >= 15 is 0 Å². The van der Waals surface area contributed by atoms with Gasteiger partial charge >= 0.3 is 0 Å². The summed E-state index contributed by atoms with van der Waals surface area (Å²) in [7, 11) is 0. The van der Waals surface area contributed by atoms with E-state index in [0.29, 0.717) is 17.7 Å². The van der Waals surface area contributed by atoms with Gasteiger partial charge in [0.2, 0.25) is 0 Å². The monoisotopic (exact) mass is 332 g/mol. The van der Waals surface area contributed by atoms with Gasteiger partial charge in [0.25, 0.3) is 0 Å². The third kappa shape index (κ3) is 3.87. The molecule has 0 spiro atoms. The molecule has 0 aromatic heterocycles. The average Bonchev–Trinajstić information content (AvgIpc) is 2.89. The zero-order valence-electron chi connectivity index (χ0n) is 10.3. The van der Waals surface area contributed by atoms with Crippen LogP contribution in [0, 0.1) is 0 Å². The first-order valence-electron chi connectivity index (χ1n) is 6.39. The van der Waals surface area contributed by atoms with Crippen molar-refractivity contribution >= 4 is 27.5 Å². The summed E-state index contributed by atoms with van der Waals surface area (Å²) in [6, 6.07) is 5.83. The third-order valence-electron chi connectivity index (χ3n) is 3.13. The van der Waals surface area contributed by atoms with E-state index in [1.807, 2.05) is 18.2 Å². The van der Waals surface area contributed by atoms with Gasteiger partial charge in [0.15, 0.2) is 0 Å². The van der Waals surface area contributed by atoms with E-state index in [1.165, 1.54) is 12.8 Å². The number of hydrogen-bond donors (Lipinski definition) is 0. The number of ether oxygens (including phenoxy) is 2. The second-order valence-electron chi connectivity index (χ2n) is 4.49. The van der Waals surface area contributed by atoms with Crippen LogP contribution in [0.3, 0.4) is 0 Å². The van der Waals surface area contributed by atoms with Gasteiger partial charge in [-0.1, -0.05) is 39.7 Å². The number of halogens is 2. The van der Waals surface area contributed by atoms with Crippen LogP contribution >= 0.6 is 27.5 Å². The molecule has 2 nitrogen and oxygen atoms in total. The summed E-state index contributed by atoms with van der Waals surface area (Å²) in [5.74, 6) is 0.809. The highest BCUT2D eigenvalue weighted by Gasteiger charge is 2.15. The molecule has 0 bridgehead atoms. The van der Waals surface area contributed by atoms with E-state index in [4.69, 9.17) is 21.1 Å². The van der Waals surface area contributed by atoms with E-state index in [9.17, 15) is 0 Å². The molecule has 0 radical (unpaired) electrons. The normalized spacial score (nSPS) is 19.1. The molecule has 1 atom stereocenters. The predicted octanol–water partition coefficient (Wildman–Crippen LogP) is 4.57. The first-order chi connectivity index (χ1) is 8.81. The highest BCUT2D eigenvalue weighted by molar-refractivity contribution is 9.08. The van der Waals surface area contributed by atoms with Gasteiger partial charge in [-0.15, -0.1) is 0 Å². The molecule has 1 aromatic carbocycles. The summed E-state index contributed by atoms with van der Waals surface area (Å²) >= 11 is 9.59. The van der Waals surface area contributed by atoms with E-state index in [0.717, 1.165) is 36.1 Å². The molecule has 0 amide bonds. The van der Waals surface area contributed by atoms with Gasteiger partial charge in [-0.2, -0.15) is 0 Å². The SMILES string of the molecule is Clc1cccc(CBr)c1OCCCC1CCCO1. The molecule has 1 aliphatic rings. The molecule has 1 unspecified atom stereocenters. The minimum Gasteiger partial charge on any atom is -0.492 e. The third-order valence-corrected chi connectivity index (χ3v) is 4.04. The van der Waals surface area contributed by atoms with Crippen molar-refractivity contribution in [3.63, 3.8) is 0 Å². The molecule has 4 heteroatoms. The van der Waals surface area contributed by atoms with E-state index in [2.05, 4.69) is 15.9 Å². The Morgan fingerprint density at radius 1 is 1.44 bits per heavy atom. The fourth-order valence-corrected chi connectivity index (χ4v) is 2.87. The Balaban J connectivity index is 1.78. The Morgan fingerprint density at radius 3 is 3.06 bits per heavy atom. The fraction of sp³-hybridized carbons (Fsp3) is 0.571. The van der Waals surface area contributed by atoms with Crippen molar-refractivity contribution in [2.75, 3.05) is 13.2 Å². The summed E-state index contributed by atoms with van der Waals surface area (Å²) in [6.07, 6.45) is 4.92. The molecule has 100 valence electrons. The van der Waals surface area contributed by atoms with Gasteiger partial charge in [0.1, 0.15) is 5.75 Å². The van der Waals surface area contributed by atoms with E-state index in [1.54, 1.807) is 0 Å².